The minimum atomic E-state index is -4.50. The van der Waals surface area contributed by atoms with Crippen molar-refractivity contribution in [2.45, 2.75) is 53.1 Å². The highest BCUT2D eigenvalue weighted by atomic mass is 32.1. The highest BCUT2D eigenvalue weighted by Gasteiger charge is 2.33. The molecule has 160 valence electrons. The van der Waals surface area contributed by atoms with Crippen LogP contribution in [0.2, 0.25) is 0 Å². The van der Waals surface area contributed by atoms with Crippen molar-refractivity contribution in [3.8, 4) is 0 Å². The maximum absolute atomic E-state index is 13.1. The zero-order chi connectivity index (χ0) is 21.8. The molecule has 0 radical (unpaired) electrons. The molecule has 30 heavy (non-hydrogen) atoms. The first-order chi connectivity index (χ1) is 13.9. The molecule has 0 bridgehead atoms. The molecule has 1 aliphatic rings. The SMILES string of the molecule is Cc1nc2ccc(C(F)(F)F)cn2c1C(=O)Nc1nc2c(s1)CC(C(C)(C)C)CC2. The summed E-state index contributed by atoms with van der Waals surface area (Å²) in [4.78, 5) is 22.9. The van der Waals surface area contributed by atoms with Gasteiger partial charge in [-0.05, 0) is 49.7 Å². The normalized spacial score (nSPS) is 17.2. The first-order valence-corrected chi connectivity index (χ1v) is 10.6. The van der Waals surface area contributed by atoms with Crippen LogP contribution in [0.1, 0.15) is 59.5 Å². The smallest absolute Gasteiger partial charge is 0.296 e. The number of rotatable bonds is 2. The molecule has 1 atom stereocenters. The number of pyridine rings is 1. The van der Waals surface area contributed by atoms with Crippen molar-refractivity contribution in [3.05, 3.63) is 45.9 Å². The van der Waals surface area contributed by atoms with Gasteiger partial charge in [-0.2, -0.15) is 13.2 Å². The topological polar surface area (TPSA) is 59.3 Å². The van der Waals surface area contributed by atoms with Crippen molar-refractivity contribution in [2.24, 2.45) is 11.3 Å². The van der Waals surface area contributed by atoms with Crippen molar-refractivity contribution < 1.29 is 18.0 Å². The van der Waals surface area contributed by atoms with Crippen LogP contribution in [0.5, 0.6) is 0 Å². The van der Waals surface area contributed by atoms with E-state index in [9.17, 15) is 18.0 Å². The van der Waals surface area contributed by atoms with E-state index in [2.05, 4.69) is 36.1 Å². The molecule has 3 aromatic heterocycles. The number of fused-ring (bicyclic) bond motifs is 2. The van der Waals surface area contributed by atoms with E-state index in [4.69, 9.17) is 0 Å². The van der Waals surface area contributed by atoms with Crippen molar-refractivity contribution in [1.82, 2.24) is 14.4 Å². The fourth-order valence-electron chi connectivity index (χ4n) is 3.93. The maximum Gasteiger partial charge on any atom is 0.417 e. The Morgan fingerprint density at radius 3 is 2.63 bits per heavy atom. The summed E-state index contributed by atoms with van der Waals surface area (Å²) in [5.41, 5.74) is 1.11. The summed E-state index contributed by atoms with van der Waals surface area (Å²) in [5, 5.41) is 3.25. The number of halogens is 3. The molecule has 0 fully saturated rings. The quantitative estimate of drug-likeness (QED) is 0.575. The van der Waals surface area contributed by atoms with E-state index in [1.807, 2.05) is 0 Å². The number of hydrogen-bond acceptors (Lipinski definition) is 4. The van der Waals surface area contributed by atoms with Gasteiger partial charge in [0, 0.05) is 11.1 Å². The molecule has 9 heteroatoms. The van der Waals surface area contributed by atoms with Gasteiger partial charge >= 0.3 is 6.18 Å². The first-order valence-electron chi connectivity index (χ1n) is 9.79. The number of carbonyl (C=O) groups excluding carboxylic acids is 1. The summed E-state index contributed by atoms with van der Waals surface area (Å²) in [6.45, 7) is 8.30. The van der Waals surface area contributed by atoms with Gasteiger partial charge in [-0.3, -0.25) is 14.5 Å². The number of alkyl halides is 3. The molecule has 0 saturated carbocycles. The lowest BCUT2D eigenvalue weighted by Gasteiger charge is -2.33. The average Bonchev–Trinajstić information content (AvgIpc) is 3.17. The van der Waals surface area contributed by atoms with Gasteiger partial charge < -0.3 is 0 Å². The molecular formula is C21H23F3N4OS. The first kappa shape index (κ1) is 20.8. The molecule has 0 spiro atoms. The van der Waals surface area contributed by atoms with Crippen LogP contribution < -0.4 is 5.32 Å². The largest absolute Gasteiger partial charge is 0.417 e. The van der Waals surface area contributed by atoms with Crippen LogP contribution in [-0.4, -0.2) is 20.3 Å². The summed E-state index contributed by atoms with van der Waals surface area (Å²) < 4.78 is 40.5. The van der Waals surface area contributed by atoms with Gasteiger partial charge in [-0.25, -0.2) is 9.97 Å². The van der Waals surface area contributed by atoms with Crippen molar-refractivity contribution in [2.75, 3.05) is 5.32 Å². The molecule has 0 saturated heterocycles. The van der Waals surface area contributed by atoms with Gasteiger partial charge in [0.1, 0.15) is 11.3 Å². The lowest BCUT2D eigenvalue weighted by atomic mass is 9.73. The Kier molecular flexibility index (Phi) is 4.91. The summed E-state index contributed by atoms with van der Waals surface area (Å²) in [7, 11) is 0. The lowest BCUT2D eigenvalue weighted by molar-refractivity contribution is -0.137. The third-order valence-corrected chi connectivity index (χ3v) is 6.76. The second-order valence-corrected chi connectivity index (χ2v) is 9.92. The van der Waals surface area contributed by atoms with Crippen LogP contribution >= 0.6 is 11.3 Å². The summed E-state index contributed by atoms with van der Waals surface area (Å²) in [6.07, 6.45) is -0.744. The van der Waals surface area contributed by atoms with Crippen LogP contribution in [0, 0.1) is 18.3 Å². The minimum Gasteiger partial charge on any atom is -0.296 e. The molecule has 1 amide bonds. The zero-order valence-electron chi connectivity index (χ0n) is 17.2. The molecule has 1 unspecified atom stereocenters. The lowest BCUT2D eigenvalue weighted by Crippen LogP contribution is -2.26. The van der Waals surface area contributed by atoms with Gasteiger partial charge in [0.25, 0.3) is 5.91 Å². The third-order valence-electron chi connectivity index (χ3n) is 5.72. The van der Waals surface area contributed by atoms with Gasteiger partial charge in [0.2, 0.25) is 0 Å². The number of imidazole rings is 1. The van der Waals surface area contributed by atoms with Crippen LogP contribution in [0.3, 0.4) is 0 Å². The minimum absolute atomic E-state index is 0.0804. The standard InChI is InChI=1S/C21H23F3N4OS/c1-11-17(28-10-13(21(22,23)24)6-8-16(28)25-11)18(29)27-19-26-14-7-5-12(20(2,3)4)9-15(14)30-19/h6,8,10,12H,5,7,9H2,1-4H3,(H,26,27,29). The Balaban J connectivity index is 1.62. The van der Waals surface area contributed by atoms with Crippen molar-refractivity contribution in [3.63, 3.8) is 0 Å². The van der Waals surface area contributed by atoms with E-state index >= 15 is 0 Å². The molecule has 0 aromatic carbocycles. The third kappa shape index (κ3) is 3.82. The Labute approximate surface area is 176 Å². The molecule has 5 nitrogen and oxygen atoms in total. The molecule has 0 aliphatic heterocycles. The van der Waals surface area contributed by atoms with Gasteiger partial charge in [0.15, 0.2) is 5.13 Å². The number of amides is 1. The number of carbonyl (C=O) groups is 1. The van der Waals surface area contributed by atoms with E-state index in [1.165, 1.54) is 26.7 Å². The predicted molar refractivity (Wildman–Crippen MR) is 110 cm³/mol. The Bertz CT molecular complexity index is 1120. The highest BCUT2D eigenvalue weighted by Crippen LogP contribution is 2.40. The number of aryl methyl sites for hydroxylation is 2. The average molecular weight is 437 g/mol. The van der Waals surface area contributed by atoms with E-state index in [0.717, 1.165) is 37.2 Å². The second kappa shape index (κ2) is 7.08. The number of nitrogens with zero attached hydrogens (tertiary/aromatic N) is 3. The Morgan fingerprint density at radius 2 is 1.97 bits per heavy atom. The fourth-order valence-corrected chi connectivity index (χ4v) is 5.01. The fraction of sp³-hybridized carbons (Fsp3) is 0.476. The van der Waals surface area contributed by atoms with Gasteiger partial charge in [0.05, 0.1) is 17.0 Å². The molecule has 1 N–H and O–H groups in total. The Hall–Kier alpha value is -2.42. The van der Waals surface area contributed by atoms with Crippen molar-refractivity contribution >= 4 is 28.0 Å². The number of aromatic nitrogens is 3. The van der Waals surface area contributed by atoms with E-state index in [0.29, 0.717) is 16.7 Å². The number of anilines is 1. The van der Waals surface area contributed by atoms with E-state index in [-0.39, 0.29) is 16.8 Å². The molecular weight excluding hydrogens is 413 g/mol. The molecule has 4 rings (SSSR count). The van der Waals surface area contributed by atoms with Crippen molar-refractivity contribution in [1.29, 1.82) is 0 Å². The predicted octanol–water partition coefficient (Wildman–Crippen LogP) is 5.52. The molecule has 1 aliphatic carbocycles. The second-order valence-electron chi connectivity index (χ2n) is 8.84. The monoisotopic (exact) mass is 436 g/mol. The Morgan fingerprint density at radius 1 is 1.23 bits per heavy atom. The zero-order valence-corrected chi connectivity index (χ0v) is 18.0. The van der Waals surface area contributed by atoms with E-state index < -0.39 is 17.6 Å². The summed E-state index contributed by atoms with van der Waals surface area (Å²) >= 11 is 1.45. The number of thiazole rings is 1. The van der Waals surface area contributed by atoms with Crippen LogP contribution in [0.4, 0.5) is 18.3 Å². The number of nitrogens with one attached hydrogen (secondary N) is 1. The van der Waals surface area contributed by atoms with Gasteiger partial charge in [-0.15, -0.1) is 11.3 Å². The van der Waals surface area contributed by atoms with Gasteiger partial charge in [-0.1, -0.05) is 20.8 Å². The van der Waals surface area contributed by atoms with Crippen LogP contribution in [0.15, 0.2) is 18.3 Å². The van der Waals surface area contributed by atoms with Crippen LogP contribution in [-0.2, 0) is 19.0 Å². The maximum atomic E-state index is 13.1. The highest BCUT2D eigenvalue weighted by molar-refractivity contribution is 7.15. The summed E-state index contributed by atoms with van der Waals surface area (Å²) in [5.74, 6) is 0.0357. The van der Waals surface area contributed by atoms with Crippen LogP contribution in [0.25, 0.3) is 5.65 Å². The number of hydrogen-bond donors (Lipinski definition) is 1. The summed E-state index contributed by atoms with van der Waals surface area (Å²) in [6, 6.07) is 2.23. The molecule has 3 heterocycles. The van der Waals surface area contributed by atoms with E-state index in [1.54, 1.807) is 6.92 Å². The molecule has 3 aromatic rings.